The summed E-state index contributed by atoms with van der Waals surface area (Å²) in [6.45, 7) is 1.86. The van der Waals surface area contributed by atoms with E-state index in [1.54, 1.807) is 19.4 Å². The molecular weight excluding hydrogens is 202 g/mol. The zero-order valence-corrected chi connectivity index (χ0v) is 9.27. The van der Waals surface area contributed by atoms with Gasteiger partial charge in [0.25, 0.3) is 0 Å². The van der Waals surface area contributed by atoms with Crippen molar-refractivity contribution in [3.63, 3.8) is 0 Å². The van der Waals surface area contributed by atoms with Gasteiger partial charge in [0, 0.05) is 11.8 Å². The first-order valence-corrected chi connectivity index (χ1v) is 5.01. The van der Waals surface area contributed by atoms with Gasteiger partial charge < -0.3 is 9.84 Å². The maximum absolute atomic E-state index is 9.47. The van der Waals surface area contributed by atoms with E-state index in [9.17, 15) is 5.11 Å². The molecule has 0 amide bonds. The monoisotopic (exact) mass is 215 g/mol. The molecule has 2 rings (SSSR count). The van der Waals surface area contributed by atoms with Crippen molar-refractivity contribution >= 4 is 0 Å². The van der Waals surface area contributed by atoms with Gasteiger partial charge in [-0.25, -0.2) is 0 Å². The van der Waals surface area contributed by atoms with E-state index >= 15 is 0 Å². The van der Waals surface area contributed by atoms with Gasteiger partial charge in [-0.3, -0.25) is 4.98 Å². The molecule has 0 radical (unpaired) electrons. The lowest BCUT2D eigenvalue weighted by molar-refractivity contribution is 0.415. The fraction of sp³-hybridized carbons (Fsp3) is 0.154. The highest BCUT2D eigenvalue weighted by Crippen LogP contribution is 2.29. The third-order valence-corrected chi connectivity index (χ3v) is 2.46. The van der Waals surface area contributed by atoms with Crippen molar-refractivity contribution in [1.29, 1.82) is 0 Å². The summed E-state index contributed by atoms with van der Waals surface area (Å²) >= 11 is 0. The number of rotatable bonds is 2. The number of hydrogen-bond donors (Lipinski definition) is 1. The van der Waals surface area contributed by atoms with Crippen LogP contribution in [0.2, 0.25) is 0 Å². The molecule has 1 N–H and O–H groups in total. The number of pyridine rings is 1. The van der Waals surface area contributed by atoms with E-state index < -0.39 is 0 Å². The number of methoxy groups -OCH3 is 1. The van der Waals surface area contributed by atoms with E-state index in [-0.39, 0.29) is 0 Å². The highest BCUT2D eigenvalue weighted by molar-refractivity contribution is 5.67. The molecule has 3 heteroatoms. The molecule has 3 nitrogen and oxygen atoms in total. The van der Waals surface area contributed by atoms with Gasteiger partial charge >= 0.3 is 0 Å². The molecule has 0 saturated carbocycles. The fourth-order valence-corrected chi connectivity index (χ4v) is 1.57. The molecule has 82 valence electrons. The lowest BCUT2D eigenvalue weighted by Gasteiger charge is -2.08. The molecule has 0 unspecified atom stereocenters. The third kappa shape index (κ3) is 1.84. The van der Waals surface area contributed by atoms with Crippen LogP contribution in [0, 0.1) is 6.92 Å². The Morgan fingerprint density at radius 2 is 2.06 bits per heavy atom. The highest BCUT2D eigenvalue weighted by Gasteiger charge is 2.07. The van der Waals surface area contributed by atoms with E-state index in [4.69, 9.17) is 4.74 Å². The summed E-state index contributed by atoms with van der Waals surface area (Å²) in [5.41, 5.74) is 2.55. The van der Waals surface area contributed by atoms with Crippen LogP contribution in [0.5, 0.6) is 11.5 Å². The van der Waals surface area contributed by atoms with Gasteiger partial charge in [-0.05, 0) is 42.8 Å². The van der Waals surface area contributed by atoms with E-state index in [0.29, 0.717) is 5.75 Å². The van der Waals surface area contributed by atoms with Crippen molar-refractivity contribution in [2.45, 2.75) is 6.92 Å². The summed E-state index contributed by atoms with van der Waals surface area (Å²) < 4.78 is 5.24. The van der Waals surface area contributed by atoms with Crippen LogP contribution in [0.1, 0.15) is 5.56 Å². The van der Waals surface area contributed by atoms with Crippen LogP contribution >= 0.6 is 0 Å². The predicted octanol–water partition coefficient (Wildman–Crippen LogP) is 2.77. The topological polar surface area (TPSA) is 42.4 Å². The normalized spacial score (nSPS) is 10.1. The zero-order chi connectivity index (χ0) is 11.5. The minimum atomic E-state index is 0.290. The summed E-state index contributed by atoms with van der Waals surface area (Å²) in [6.07, 6.45) is 1.72. The van der Waals surface area contributed by atoms with Crippen molar-refractivity contribution in [3.8, 4) is 22.8 Å². The van der Waals surface area contributed by atoms with Crippen LogP contribution in [-0.4, -0.2) is 17.2 Å². The third-order valence-electron chi connectivity index (χ3n) is 2.46. The van der Waals surface area contributed by atoms with Crippen molar-refractivity contribution in [2.75, 3.05) is 7.11 Å². The number of benzene rings is 1. The Morgan fingerprint density at radius 3 is 2.75 bits per heavy atom. The second kappa shape index (κ2) is 4.23. The number of phenols is 1. The Kier molecular flexibility index (Phi) is 2.77. The Labute approximate surface area is 94.3 Å². The van der Waals surface area contributed by atoms with Crippen LogP contribution in [-0.2, 0) is 0 Å². The Hall–Kier alpha value is -2.03. The second-order valence-electron chi connectivity index (χ2n) is 3.56. The molecule has 0 aliphatic rings. The number of aromatic hydroxyl groups is 1. The maximum Gasteiger partial charge on any atom is 0.145 e. The van der Waals surface area contributed by atoms with Crippen LogP contribution in [0.4, 0.5) is 0 Å². The molecule has 0 saturated heterocycles. The first kappa shape index (κ1) is 10.5. The second-order valence-corrected chi connectivity index (χ2v) is 3.56. The number of aryl methyl sites for hydroxylation is 1. The first-order chi connectivity index (χ1) is 7.72. The maximum atomic E-state index is 9.47. The average molecular weight is 215 g/mol. The zero-order valence-electron chi connectivity index (χ0n) is 9.27. The van der Waals surface area contributed by atoms with E-state index in [0.717, 1.165) is 22.6 Å². The molecule has 16 heavy (non-hydrogen) atoms. The Bertz CT molecular complexity index is 509. The minimum Gasteiger partial charge on any atom is -0.508 e. The van der Waals surface area contributed by atoms with E-state index in [1.165, 1.54) is 0 Å². The van der Waals surface area contributed by atoms with E-state index in [2.05, 4.69) is 4.98 Å². The van der Waals surface area contributed by atoms with Crippen LogP contribution < -0.4 is 4.74 Å². The average Bonchev–Trinajstić information content (AvgIpc) is 2.32. The number of ether oxygens (including phenoxy) is 1. The molecular formula is C13H13NO2. The summed E-state index contributed by atoms with van der Waals surface area (Å²) in [7, 11) is 1.62. The molecule has 1 aromatic carbocycles. The molecule has 0 spiro atoms. The largest absolute Gasteiger partial charge is 0.508 e. The van der Waals surface area contributed by atoms with Gasteiger partial charge in [0.2, 0.25) is 0 Å². The van der Waals surface area contributed by atoms with Crippen LogP contribution in [0.3, 0.4) is 0 Å². The van der Waals surface area contributed by atoms with Crippen LogP contribution in [0.15, 0.2) is 36.5 Å². The molecule has 1 heterocycles. The molecule has 0 fully saturated rings. The van der Waals surface area contributed by atoms with Gasteiger partial charge in [0.05, 0.1) is 7.11 Å². The number of nitrogens with zero attached hydrogens (tertiary/aromatic N) is 1. The molecule has 0 aliphatic carbocycles. The Morgan fingerprint density at radius 1 is 1.25 bits per heavy atom. The number of aromatic nitrogens is 1. The van der Waals surface area contributed by atoms with Gasteiger partial charge in [0.15, 0.2) is 0 Å². The highest BCUT2D eigenvalue weighted by atomic mass is 16.5. The van der Waals surface area contributed by atoms with E-state index in [1.807, 2.05) is 31.2 Å². The number of phenolic OH excluding ortho intramolecular Hbond substituents is 1. The van der Waals surface area contributed by atoms with Gasteiger partial charge in [-0.1, -0.05) is 0 Å². The lowest BCUT2D eigenvalue weighted by atomic mass is 10.1. The predicted molar refractivity (Wildman–Crippen MR) is 62.6 cm³/mol. The van der Waals surface area contributed by atoms with Crippen molar-refractivity contribution < 1.29 is 9.84 Å². The quantitative estimate of drug-likeness (QED) is 0.837. The Balaban J connectivity index is 2.54. The summed E-state index contributed by atoms with van der Waals surface area (Å²) in [4.78, 5) is 4.28. The fourth-order valence-electron chi connectivity index (χ4n) is 1.57. The summed E-state index contributed by atoms with van der Waals surface area (Å²) in [6, 6.07) is 9.08. The van der Waals surface area contributed by atoms with Gasteiger partial charge in [-0.2, -0.15) is 0 Å². The summed E-state index contributed by atoms with van der Waals surface area (Å²) in [5.74, 6) is 1.02. The smallest absolute Gasteiger partial charge is 0.145 e. The molecule has 1 aromatic heterocycles. The van der Waals surface area contributed by atoms with Gasteiger partial charge in [-0.15, -0.1) is 0 Å². The van der Waals surface area contributed by atoms with Crippen molar-refractivity contribution in [1.82, 2.24) is 4.98 Å². The minimum absolute atomic E-state index is 0.290. The summed E-state index contributed by atoms with van der Waals surface area (Å²) in [5, 5.41) is 9.47. The number of hydrogen-bond acceptors (Lipinski definition) is 3. The SMILES string of the molecule is COc1cccnc1-c1ccc(O)c(C)c1. The van der Waals surface area contributed by atoms with Crippen molar-refractivity contribution in [2.24, 2.45) is 0 Å². The van der Waals surface area contributed by atoms with Gasteiger partial charge in [0.1, 0.15) is 17.2 Å². The van der Waals surface area contributed by atoms with Crippen molar-refractivity contribution in [3.05, 3.63) is 42.1 Å². The lowest BCUT2D eigenvalue weighted by Crippen LogP contribution is -1.90. The molecule has 0 atom stereocenters. The molecule has 2 aromatic rings. The van der Waals surface area contributed by atoms with Crippen LogP contribution in [0.25, 0.3) is 11.3 Å². The standard InChI is InChI=1S/C13H13NO2/c1-9-8-10(5-6-11(9)15)13-12(16-2)4-3-7-14-13/h3-8,15H,1-2H3. The molecule has 0 bridgehead atoms. The first-order valence-electron chi connectivity index (χ1n) is 5.01. The molecule has 0 aliphatic heterocycles.